The van der Waals surface area contributed by atoms with E-state index in [0.29, 0.717) is 0 Å². The molecule has 0 aromatic heterocycles. The van der Waals surface area contributed by atoms with Gasteiger partial charge >= 0.3 is 0 Å². The van der Waals surface area contributed by atoms with E-state index >= 15 is 0 Å². The lowest BCUT2D eigenvalue weighted by Crippen LogP contribution is -2.34. The van der Waals surface area contributed by atoms with E-state index in [4.69, 9.17) is 10.5 Å². The van der Waals surface area contributed by atoms with Crippen LogP contribution in [0.5, 0.6) is 5.75 Å². The third-order valence-corrected chi connectivity index (χ3v) is 4.39. The highest BCUT2D eigenvalue weighted by atomic mass is 16.5. The molecule has 19 heavy (non-hydrogen) atoms. The van der Waals surface area contributed by atoms with Gasteiger partial charge in [-0.15, -0.1) is 0 Å². The van der Waals surface area contributed by atoms with Crippen LogP contribution in [-0.2, 0) is 11.0 Å². The molecule has 0 heterocycles. The number of hydrogen-bond donors (Lipinski definition) is 1. The Bertz CT molecular complexity index is 465. The molecule has 2 rings (SSSR count). The van der Waals surface area contributed by atoms with Crippen molar-refractivity contribution in [3.05, 3.63) is 28.8 Å². The van der Waals surface area contributed by atoms with Crippen molar-refractivity contribution < 1.29 is 4.74 Å². The monoisotopic (exact) mass is 261 g/mol. The minimum absolute atomic E-state index is 0.0894. The van der Waals surface area contributed by atoms with Gasteiger partial charge in [0, 0.05) is 5.54 Å². The van der Waals surface area contributed by atoms with Gasteiger partial charge in [-0.3, -0.25) is 0 Å². The van der Waals surface area contributed by atoms with E-state index in [0.717, 1.165) is 18.6 Å². The minimum Gasteiger partial charge on any atom is -0.496 e. The van der Waals surface area contributed by atoms with E-state index < -0.39 is 0 Å². The van der Waals surface area contributed by atoms with Crippen LogP contribution in [0.2, 0.25) is 0 Å². The molecule has 1 aliphatic rings. The van der Waals surface area contributed by atoms with Crippen molar-refractivity contribution in [2.45, 2.75) is 64.3 Å². The van der Waals surface area contributed by atoms with Gasteiger partial charge in [-0.2, -0.15) is 0 Å². The first-order valence-electron chi connectivity index (χ1n) is 7.26. The van der Waals surface area contributed by atoms with Crippen LogP contribution in [0.1, 0.15) is 63.1 Å². The van der Waals surface area contributed by atoms with Crippen LogP contribution in [0.3, 0.4) is 0 Å². The maximum Gasteiger partial charge on any atom is 0.122 e. The lowest BCUT2D eigenvalue weighted by molar-refractivity contribution is 0.391. The summed E-state index contributed by atoms with van der Waals surface area (Å²) in [5, 5.41) is 0. The van der Waals surface area contributed by atoms with Crippen LogP contribution in [0.25, 0.3) is 0 Å². The second kappa shape index (κ2) is 4.82. The smallest absolute Gasteiger partial charge is 0.122 e. The topological polar surface area (TPSA) is 35.2 Å². The van der Waals surface area contributed by atoms with Gasteiger partial charge in [0.25, 0.3) is 0 Å². The van der Waals surface area contributed by atoms with Gasteiger partial charge in [-0.25, -0.2) is 0 Å². The summed E-state index contributed by atoms with van der Waals surface area (Å²) >= 11 is 0. The molecule has 0 atom stereocenters. The predicted octanol–water partition coefficient (Wildman–Crippen LogP) is 4.03. The van der Waals surface area contributed by atoms with Crippen LogP contribution < -0.4 is 10.5 Å². The van der Waals surface area contributed by atoms with Gasteiger partial charge in [-0.05, 0) is 47.9 Å². The van der Waals surface area contributed by atoms with Crippen molar-refractivity contribution >= 4 is 0 Å². The first-order valence-corrected chi connectivity index (χ1v) is 7.26. The van der Waals surface area contributed by atoms with E-state index in [9.17, 15) is 0 Å². The molecule has 0 spiro atoms. The van der Waals surface area contributed by atoms with Gasteiger partial charge in [0.2, 0.25) is 0 Å². The summed E-state index contributed by atoms with van der Waals surface area (Å²) in [6.45, 7) is 8.84. The Morgan fingerprint density at radius 2 is 1.74 bits per heavy atom. The highest BCUT2D eigenvalue weighted by molar-refractivity contribution is 5.48. The highest BCUT2D eigenvalue weighted by Crippen LogP contribution is 2.42. The van der Waals surface area contributed by atoms with Gasteiger partial charge < -0.3 is 10.5 Å². The fraction of sp³-hybridized carbons (Fsp3) is 0.647. The Morgan fingerprint density at radius 1 is 1.16 bits per heavy atom. The largest absolute Gasteiger partial charge is 0.496 e. The molecule has 0 amide bonds. The summed E-state index contributed by atoms with van der Waals surface area (Å²) in [5.74, 6) is 0.977. The van der Waals surface area contributed by atoms with Gasteiger partial charge in [0.1, 0.15) is 5.75 Å². The number of rotatable bonds is 2. The van der Waals surface area contributed by atoms with Crippen molar-refractivity contribution in [2.75, 3.05) is 7.11 Å². The maximum absolute atomic E-state index is 6.61. The fourth-order valence-electron chi connectivity index (χ4n) is 3.25. The van der Waals surface area contributed by atoms with Crippen LogP contribution in [0, 0.1) is 6.92 Å². The van der Waals surface area contributed by atoms with Crippen LogP contribution in [0.15, 0.2) is 12.1 Å². The molecule has 1 aliphatic carbocycles. The molecule has 0 unspecified atom stereocenters. The Labute approximate surface area is 117 Å². The van der Waals surface area contributed by atoms with Crippen LogP contribution in [-0.4, -0.2) is 7.11 Å². The third kappa shape index (κ3) is 2.64. The van der Waals surface area contributed by atoms with Gasteiger partial charge in [0.15, 0.2) is 0 Å². The molecule has 0 bridgehead atoms. The molecule has 1 aromatic rings. The number of hydrogen-bond acceptors (Lipinski definition) is 2. The normalized spacial score (nSPS) is 18.6. The first-order chi connectivity index (χ1) is 8.78. The van der Waals surface area contributed by atoms with E-state index in [-0.39, 0.29) is 11.0 Å². The molecule has 0 aliphatic heterocycles. The Morgan fingerprint density at radius 3 is 2.21 bits per heavy atom. The van der Waals surface area contributed by atoms with E-state index in [2.05, 4.69) is 39.8 Å². The van der Waals surface area contributed by atoms with E-state index in [1.807, 2.05) is 0 Å². The van der Waals surface area contributed by atoms with Gasteiger partial charge in [-0.1, -0.05) is 39.7 Å². The second-order valence-electron chi connectivity index (χ2n) is 6.98. The number of nitrogens with two attached hydrogens (primary N) is 1. The quantitative estimate of drug-likeness (QED) is 0.872. The lowest BCUT2D eigenvalue weighted by atomic mass is 9.80. The summed E-state index contributed by atoms with van der Waals surface area (Å²) in [6.07, 6.45) is 4.65. The summed E-state index contributed by atoms with van der Waals surface area (Å²) < 4.78 is 5.62. The molecule has 1 aromatic carbocycles. The molecule has 1 saturated carbocycles. The molecule has 106 valence electrons. The fourth-order valence-corrected chi connectivity index (χ4v) is 3.25. The zero-order valence-corrected chi connectivity index (χ0v) is 13.0. The summed E-state index contributed by atoms with van der Waals surface area (Å²) in [5.41, 5.74) is 10.4. The zero-order valence-electron chi connectivity index (χ0n) is 13.0. The molecular formula is C17H27NO. The molecule has 1 fully saturated rings. The predicted molar refractivity (Wildman–Crippen MR) is 80.8 cm³/mol. The SMILES string of the molecule is COc1cc(C2(N)CCCC2)c(C)cc1C(C)(C)C. The van der Waals surface area contributed by atoms with Crippen molar-refractivity contribution in [3.8, 4) is 5.75 Å². The number of aryl methyl sites for hydroxylation is 1. The lowest BCUT2D eigenvalue weighted by Gasteiger charge is -2.30. The standard InChI is InChI=1S/C17H27NO/c1-12-10-14(16(2,3)4)15(19-5)11-13(12)17(18)8-6-7-9-17/h10-11H,6-9,18H2,1-5H3. The Balaban J connectivity index is 2.54. The average Bonchev–Trinajstić information content (AvgIpc) is 2.75. The third-order valence-electron chi connectivity index (χ3n) is 4.39. The molecule has 0 radical (unpaired) electrons. The average molecular weight is 261 g/mol. The zero-order chi connectivity index (χ0) is 14.3. The van der Waals surface area contributed by atoms with Gasteiger partial charge in [0.05, 0.1) is 7.11 Å². The molecule has 0 saturated heterocycles. The van der Waals surface area contributed by atoms with E-state index in [1.54, 1.807) is 7.11 Å². The van der Waals surface area contributed by atoms with Crippen molar-refractivity contribution in [1.29, 1.82) is 0 Å². The molecule has 2 N–H and O–H groups in total. The van der Waals surface area contributed by atoms with E-state index in [1.165, 1.54) is 29.5 Å². The Kier molecular flexibility index (Phi) is 3.65. The van der Waals surface area contributed by atoms with Crippen molar-refractivity contribution in [2.24, 2.45) is 5.73 Å². The Hall–Kier alpha value is -1.02. The maximum atomic E-state index is 6.61. The second-order valence-corrected chi connectivity index (χ2v) is 6.98. The number of benzene rings is 1. The number of methoxy groups -OCH3 is 1. The van der Waals surface area contributed by atoms with Crippen LogP contribution in [0.4, 0.5) is 0 Å². The molecule has 2 heteroatoms. The molecular weight excluding hydrogens is 234 g/mol. The summed E-state index contributed by atoms with van der Waals surface area (Å²) in [4.78, 5) is 0. The summed E-state index contributed by atoms with van der Waals surface area (Å²) in [6, 6.07) is 4.45. The number of ether oxygens (including phenoxy) is 1. The minimum atomic E-state index is -0.145. The molecule has 2 nitrogen and oxygen atoms in total. The first kappa shape index (κ1) is 14.4. The van der Waals surface area contributed by atoms with Crippen molar-refractivity contribution in [1.82, 2.24) is 0 Å². The highest BCUT2D eigenvalue weighted by Gasteiger charge is 2.34. The van der Waals surface area contributed by atoms with Crippen molar-refractivity contribution in [3.63, 3.8) is 0 Å². The summed E-state index contributed by atoms with van der Waals surface area (Å²) in [7, 11) is 1.75. The van der Waals surface area contributed by atoms with Crippen LogP contribution >= 0.6 is 0 Å².